The number of hydrogen-bond acceptors (Lipinski definition) is 5. The van der Waals surface area contributed by atoms with Crippen LogP contribution in [0.5, 0.6) is 5.75 Å². The molecule has 0 aromatic heterocycles. The second-order valence-corrected chi connectivity index (χ2v) is 5.36. The molecule has 0 aliphatic carbocycles. The first kappa shape index (κ1) is 16.4. The predicted molar refractivity (Wildman–Crippen MR) is 91.7 cm³/mol. The smallest absolute Gasteiger partial charge is 0.337 e. The lowest BCUT2D eigenvalue weighted by Crippen LogP contribution is -2.25. The Labute approximate surface area is 144 Å². The number of benzene rings is 2. The van der Waals surface area contributed by atoms with Gasteiger partial charge in [-0.2, -0.15) is 0 Å². The molecule has 1 aliphatic rings. The number of carbonyl (C=O) groups excluding carboxylic acids is 3. The fourth-order valence-electron chi connectivity index (χ4n) is 2.35. The number of fused-ring (bicyclic) bond motifs is 1. The lowest BCUT2D eigenvalue weighted by atomic mass is 10.1. The maximum atomic E-state index is 12.3. The number of ether oxygens (including phenoxy) is 2. The number of ketones is 1. The van der Waals surface area contributed by atoms with Gasteiger partial charge in [-0.15, -0.1) is 0 Å². The highest BCUT2D eigenvalue weighted by Gasteiger charge is 2.17. The standard InChI is InChI=1S/C19H15NO5/c1-24-19(23)13-5-2-12(3-6-13)4-8-16(21)14-7-9-17-15(10-14)20-18(22)11-25-17/h2-10H,11H2,1H3,(H,20,22)/b8-4+. The van der Waals surface area contributed by atoms with Crippen LogP contribution in [-0.4, -0.2) is 31.4 Å². The average molecular weight is 337 g/mol. The minimum atomic E-state index is -0.412. The molecule has 1 N–H and O–H groups in total. The molecule has 0 bridgehead atoms. The third-order valence-electron chi connectivity index (χ3n) is 3.66. The number of methoxy groups -OCH3 is 1. The van der Waals surface area contributed by atoms with E-state index >= 15 is 0 Å². The van der Waals surface area contributed by atoms with E-state index in [0.717, 1.165) is 5.56 Å². The molecule has 0 atom stereocenters. The van der Waals surface area contributed by atoms with Gasteiger partial charge in [-0.3, -0.25) is 9.59 Å². The summed E-state index contributed by atoms with van der Waals surface area (Å²) in [6, 6.07) is 11.6. The van der Waals surface area contributed by atoms with E-state index in [4.69, 9.17) is 4.74 Å². The van der Waals surface area contributed by atoms with Gasteiger partial charge in [0.15, 0.2) is 12.4 Å². The topological polar surface area (TPSA) is 81.7 Å². The molecule has 1 heterocycles. The summed E-state index contributed by atoms with van der Waals surface area (Å²) >= 11 is 0. The van der Waals surface area contributed by atoms with Gasteiger partial charge in [-0.25, -0.2) is 4.79 Å². The molecule has 25 heavy (non-hydrogen) atoms. The maximum absolute atomic E-state index is 12.3. The van der Waals surface area contributed by atoms with Crippen LogP contribution in [0.3, 0.4) is 0 Å². The number of hydrogen-bond donors (Lipinski definition) is 1. The molecule has 0 saturated carbocycles. The third-order valence-corrected chi connectivity index (χ3v) is 3.66. The molecule has 1 amide bonds. The van der Waals surface area contributed by atoms with Crippen molar-refractivity contribution in [1.82, 2.24) is 0 Å². The summed E-state index contributed by atoms with van der Waals surface area (Å²) in [5.41, 5.74) is 2.14. The van der Waals surface area contributed by atoms with E-state index in [2.05, 4.69) is 10.1 Å². The van der Waals surface area contributed by atoms with Crippen molar-refractivity contribution >= 4 is 29.4 Å². The van der Waals surface area contributed by atoms with Gasteiger partial charge < -0.3 is 14.8 Å². The first-order valence-electron chi connectivity index (χ1n) is 7.54. The van der Waals surface area contributed by atoms with Crippen LogP contribution in [0, 0.1) is 0 Å². The van der Waals surface area contributed by atoms with Gasteiger partial charge in [-0.1, -0.05) is 18.2 Å². The van der Waals surface area contributed by atoms with Gasteiger partial charge in [-0.05, 0) is 42.0 Å². The summed E-state index contributed by atoms with van der Waals surface area (Å²) in [6.07, 6.45) is 3.08. The predicted octanol–water partition coefficient (Wildman–Crippen LogP) is 2.70. The Kier molecular flexibility index (Phi) is 4.61. The van der Waals surface area contributed by atoms with E-state index in [0.29, 0.717) is 22.6 Å². The summed E-state index contributed by atoms with van der Waals surface area (Å²) in [7, 11) is 1.32. The molecule has 0 unspecified atom stereocenters. The van der Waals surface area contributed by atoms with E-state index in [-0.39, 0.29) is 18.3 Å². The molecule has 1 aliphatic heterocycles. The van der Waals surface area contributed by atoms with Crippen molar-refractivity contribution in [3.63, 3.8) is 0 Å². The average Bonchev–Trinajstić information content (AvgIpc) is 2.65. The van der Waals surface area contributed by atoms with Gasteiger partial charge in [0.05, 0.1) is 18.4 Å². The summed E-state index contributed by atoms with van der Waals surface area (Å²) in [5.74, 6) is -0.332. The molecule has 6 nitrogen and oxygen atoms in total. The molecule has 0 saturated heterocycles. The highest BCUT2D eigenvalue weighted by Crippen LogP contribution is 2.28. The Morgan fingerprint density at radius 3 is 2.56 bits per heavy atom. The highest BCUT2D eigenvalue weighted by molar-refractivity contribution is 6.08. The molecular weight excluding hydrogens is 322 g/mol. The molecule has 0 radical (unpaired) electrons. The van der Waals surface area contributed by atoms with Crippen molar-refractivity contribution in [2.75, 3.05) is 19.0 Å². The van der Waals surface area contributed by atoms with Gasteiger partial charge in [0, 0.05) is 5.56 Å². The fraction of sp³-hybridized carbons (Fsp3) is 0.105. The second-order valence-electron chi connectivity index (χ2n) is 5.36. The monoisotopic (exact) mass is 337 g/mol. The molecule has 3 rings (SSSR count). The zero-order valence-corrected chi connectivity index (χ0v) is 13.4. The van der Waals surface area contributed by atoms with Crippen molar-refractivity contribution < 1.29 is 23.9 Å². The molecule has 2 aromatic rings. The SMILES string of the molecule is COC(=O)c1ccc(/C=C/C(=O)c2ccc3c(c2)NC(=O)CO3)cc1. The Morgan fingerprint density at radius 1 is 1.12 bits per heavy atom. The van der Waals surface area contributed by atoms with Crippen LogP contribution in [0.1, 0.15) is 26.3 Å². The first-order chi connectivity index (χ1) is 12.1. The molecule has 6 heteroatoms. The number of nitrogens with one attached hydrogen (secondary N) is 1. The zero-order chi connectivity index (χ0) is 17.8. The minimum Gasteiger partial charge on any atom is -0.482 e. The minimum absolute atomic E-state index is 0.0260. The summed E-state index contributed by atoms with van der Waals surface area (Å²) < 4.78 is 9.89. The molecule has 126 valence electrons. The lowest BCUT2D eigenvalue weighted by Gasteiger charge is -2.17. The van der Waals surface area contributed by atoms with Crippen molar-refractivity contribution in [3.8, 4) is 5.75 Å². The summed E-state index contributed by atoms with van der Waals surface area (Å²) in [4.78, 5) is 35.0. The number of carbonyl (C=O) groups is 3. The normalized spacial score (nSPS) is 12.9. The quantitative estimate of drug-likeness (QED) is 0.527. The van der Waals surface area contributed by atoms with E-state index in [1.54, 1.807) is 48.5 Å². The Bertz CT molecular complexity index is 868. The van der Waals surface area contributed by atoms with Crippen LogP contribution in [0.2, 0.25) is 0 Å². The van der Waals surface area contributed by atoms with Crippen LogP contribution in [0.15, 0.2) is 48.5 Å². The van der Waals surface area contributed by atoms with Crippen LogP contribution in [-0.2, 0) is 9.53 Å². The van der Waals surface area contributed by atoms with Crippen molar-refractivity contribution in [2.45, 2.75) is 0 Å². The number of allylic oxidation sites excluding steroid dienone is 1. The van der Waals surface area contributed by atoms with Gasteiger partial charge in [0.25, 0.3) is 5.91 Å². The Hall–Kier alpha value is -3.41. The maximum Gasteiger partial charge on any atom is 0.337 e. The van der Waals surface area contributed by atoms with Crippen LogP contribution < -0.4 is 10.1 Å². The van der Waals surface area contributed by atoms with Crippen LogP contribution in [0.25, 0.3) is 6.08 Å². The fourth-order valence-corrected chi connectivity index (χ4v) is 2.35. The molecule has 0 fully saturated rings. The molecule has 0 spiro atoms. The third kappa shape index (κ3) is 3.74. The van der Waals surface area contributed by atoms with Gasteiger partial charge in [0.2, 0.25) is 0 Å². The summed E-state index contributed by atoms with van der Waals surface area (Å²) in [5, 5.41) is 2.67. The second kappa shape index (κ2) is 7.00. The number of rotatable bonds is 4. The van der Waals surface area contributed by atoms with Gasteiger partial charge >= 0.3 is 5.97 Å². The van der Waals surface area contributed by atoms with Crippen molar-refractivity contribution in [3.05, 3.63) is 65.2 Å². The van der Waals surface area contributed by atoms with Crippen molar-refractivity contribution in [2.24, 2.45) is 0 Å². The zero-order valence-electron chi connectivity index (χ0n) is 13.4. The van der Waals surface area contributed by atoms with E-state index < -0.39 is 5.97 Å². The molecule has 2 aromatic carbocycles. The van der Waals surface area contributed by atoms with E-state index in [1.165, 1.54) is 13.2 Å². The summed E-state index contributed by atoms with van der Waals surface area (Å²) in [6.45, 7) is -0.0260. The Balaban J connectivity index is 1.73. The number of anilines is 1. The van der Waals surface area contributed by atoms with Crippen LogP contribution >= 0.6 is 0 Å². The number of esters is 1. The lowest BCUT2D eigenvalue weighted by molar-refractivity contribution is -0.118. The first-order valence-corrected chi connectivity index (χ1v) is 7.54. The number of amides is 1. The van der Waals surface area contributed by atoms with Gasteiger partial charge in [0.1, 0.15) is 5.75 Å². The van der Waals surface area contributed by atoms with Crippen LogP contribution in [0.4, 0.5) is 5.69 Å². The van der Waals surface area contributed by atoms with E-state index in [9.17, 15) is 14.4 Å². The largest absolute Gasteiger partial charge is 0.482 e. The van der Waals surface area contributed by atoms with E-state index in [1.807, 2.05) is 0 Å². The highest BCUT2D eigenvalue weighted by atomic mass is 16.5. The molecular formula is C19H15NO5. The Morgan fingerprint density at radius 2 is 1.84 bits per heavy atom. The van der Waals surface area contributed by atoms with Crippen molar-refractivity contribution in [1.29, 1.82) is 0 Å².